The second kappa shape index (κ2) is 2.52. The van der Waals surface area contributed by atoms with Crippen molar-refractivity contribution in [3.8, 4) is 0 Å². The van der Waals surface area contributed by atoms with Crippen LogP contribution in [0.5, 0.6) is 0 Å². The number of hydrogen-bond donors (Lipinski definition) is 1. The molecule has 1 aliphatic rings. The van der Waals surface area contributed by atoms with Crippen molar-refractivity contribution >= 4 is 15.9 Å². The molecule has 0 saturated carbocycles. The average molecular weight is 193 g/mol. The van der Waals surface area contributed by atoms with Gasteiger partial charge in [0.15, 0.2) is 0 Å². The fourth-order valence-electron chi connectivity index (χ4n) is 0.673. The number of halogens is 2. The molecule has 0 saturated heterocycles. The average Bonchev–Trinajstić information content (AvgIpc) is 1.83. The Morgan fingerprint density at radius 3 is 2.78 bits per heavy atom. The summed E-state index contributed by atoms with van der Waals surface area (Å²) in [5.74, 6) is -0.256. The topological polar surface area (TPSA) is 20.2 Å². The number of hydrogen-bond acceptors (Lipinski definition) is 1. The third-order valence-electron chi connectivity index (χ3n) is 1.17. The molecule has 0 unspecified atom stereocenters. The van der Waals surface area contributed by atoms with Crippen LogP contribution in [0, 0.1) is 0 Å². The van der Waals surface area contributed by atoms with Crippen molar-refractivity contribution in [1.29, 1.82) is 0 Å². The summed E-state index contributed by atoms with van der Waals surface area (Å²) in [5, 5.41) is 8.90. The van der Waals surface area contributed by atoms with Gasteiger partial charge < -0.3 is 5.11 Å². The Morgan fingerprint density at radius 2 is 2.33 bits per heavy atom. The van der Waals surface area contributed by atoms with Crippen molar-refractivity contribution in [2.45, 2.75) is 12.8 Å². The van der Waals surface area contributed by atoms with Gasteiger partial charge in [0, 0.05) is 6.42 Å². The Balaban J connectivity index is 2.88. The molecule has 0 spiro atoms. The molecule has 0 radical (unpaired) electrons. The first-order chi connectivity index (χ1) is 4.22. The Morgan fingerprint density at radius 1 is 1.67 bits per heavy atom. The Hall–Kier alpha value is -0.310. The van der Waals surface area contributed by atoms with Crippen LogP contribution in [0.25, 0.3) is 0 Å². The van der Waals surface area contributed by atoms with Gasteiger partial charge in [-0.2, -0.15) is 0 Å². The van der Waals surface area contributed by atoms with Crippen LogP contribution in [0.4, 0.5) is 4.39 Å². The van der Waals surface area contributed by atoms with Gasteiger partial charge in [-0.15, -0.1) is 0 Å². The normalized spacial score (nSPS) is 20.0. The molecule has 0 atom stereocenters. The van der Waals surface area contributed by atoms with E-state index < -0.39 is 0 Å². The van der Waals surface area contributed by atoms with E-state index in [1.807, 2.05) is 0 Å². The molecule has 1 aliphatic carbocycles. The SMILES string of the molecule is OC1=C(Br)C(F)=CCC1. The third kappa shape index (κ3) is 1.33. The lowest BCUT2D eigenvalue weighted by atomic mass is 10.1. The maximum Gasteiger partial charge on any atom is 0.136 e. The van der Waals surface area contributed by atoms with E-state index in [4.69, 9.17) is 5.11 Å². The minimum absolute atomic E-state index is 0.106. The highest BCUT2D eigenvalue weighted by molar-refractivity contribution is 9.12. The van der Waals surface area contributed by atoms with Crippen LogP contribution in [-0.4, -0.2) is 5.11 Å². The lowest BCUT2D eigenvalue weighted by Gasteiger charge is -2.06. The van der Waals surface area contributed by atoms with Gasteiger partial charge in [0.2, 0.25) is 0 Å². The number of rotatable bonds is 0. The Kier molecular flexibility index (Phi) is 1.90. The van der Waals surface area contributed by atoms with E-state index in [2.05, 4.69) is 15.9 Å². The van der Waals surface area contributed by atoms with Gasteiger partial charge in [0.1, 0.15) is 11.6 Å². The molecule has 0 amide bonds. The van der Waals surface area contributed by atoms with Gasteiger partial charge in [0.25, 0.3) is 0 Å². The van der Waals surface area contributed by atoms with Crippen LogP contribution >= 0.6 is 15.9 Å². The van der Waals surface area contributed by atoms with Crippen molar-refractivity contribution in [3.63, 3.8) is 0 Å². The number of aliphatic hydroxyl groups excluding tert-OH is 1. The summed E-state index contributed by atoms with van der Waals surface area (Å²) in [7, 11) is 0. The van der Waals surface area contributed by atoms with E-state index in [0.29, 0.717) is 12.8 Å². The molecule has 0 aliphatic heterocycles. The smallest absolute Gasteiger partial charge is 0.136 e. The van der Waals surface area contributed by atoms with Crippen LogP contribution in [0.3, 0.4) is 0 Å². The molecule has 0 bridgehead atoms. The number of aliphatic hydroxyl groups is 1. The van der Waals surface area contributed by atoms with Crippen molar-refractivity contribution in [1.82, 2.24) is 0 Å². The highest BCUT2D eigenvalue weighted by Crippen LogP contribution is 2.28. The van der Waals surface area contributed by atoms with Crippen LogP contribution in [0.15, 0.2) is 22.1 Å². The summed E-state index contributed by atoms with van der Waals surface area (Å²) >= 11 is 2.91. The summed E-state index contributed by atoms with van der Waals surface area (Å²) in [5.41, 5.74) is 0. The van der Waals surface area contributed by atoms with Gasteiger partial charge in [-0.1, -0.05) is 0 Å². The first kappa shape index (κ1) is 6.81. The zero-order valence-electron chi connectivity index (χ0n) is 4.69. The molecule has 0 aromatic carbocycles. The van der Waals surface area contributed by atoms with Crippen LogP contribution < -0.4 is 0 Å². The van der Waals surface area contributed by atoms with Gasteiger partial charge in [-0.05, 0) is 28.4 Å². The van der Waals surface area contributed by atoms with E-state index in [-0.39, 0.29) is 16.1 Å². The van der Waals surface area contributed by atoms with Crippen molar-refractivity contribution in [2.75, 3.05) is 0 Å². The van der Waals surface area contributed by atoms with E-state index in [1.165, 1.54) is 6.08 Å². The molecule has 0 heterocycles. The molecule has 1 N–H and O–H groups in total. The summed E-state index contributed by atoms with van der Waals surface area (Å²) in [4.78, 5) is 0. The van der Waals surface area contributed by atoms with Crippen molar-refractivity contribution < 1.29 is 9.50 Å². The predicted molar refractivity (Wildman–Crippen MR) is 37.0 cm³/mol. The fourth-order valence-corrected chi connectivity index (χ4v) is 1.03. The molecule has 1 rings (SSSR count). The summed E-state index contributed by atoms with van der Waals surface area (Å²) in [6, 6.07) is 0. The predicted octanol–water partition coefficient (Wildman–Crippen LogP) is 2.80. The van der Waals surface area contributed by atoms with E-state index in [9.17, 15) is 4.39 Å². The Bertz CT molecular complexity index is 183. The molecule has 0 aromatic heterocycles. The highest BCUT2D eigenvalue weighted by atomic mass is 79.9. The van der Waals surface area contributed by atoms with Gasteiger partial charge in [-0.25, -0.2) is 4.39 Å². The highest BCUT2D eigenvalue weighted by Gasteiger charge is 2.11. The van der Waals surface area contributed by atoms with Crippen LogP contribution in [0.2, 0.25) is 0 Å². The van der Waals surface area contributed by atoms with Crippen LogP contribution in [0.1, 0.15) is 12.8 Å². The molecule has 50 valence electrons. The maximum absolute atomic E-state index is 12.4. The molecule has 0 fully saturated rings. The quantitative estimate of drug-likeness (QED) is 0.627. The van der Waals surface area contributed by atoms with Gasteiger partial charge >= 0.3 is 0 Å². The monoisotopic (exact) mass is 192 g/mol. The lowest BCUT2D eigenvalue weighted by molar-refractivity contribution is 0.380. The van der Waals surface area contributed by atoms with E-state index in [1.54, 1.807) is 0 Å². The maximum atomic E-state index is 12.4. The minimum atomic E-state index is -0.362. The zero-order chi connectivity index (χ0) is 6.85. The molecular weight excluding hydrogens is 187 g/mol. The van der Waals surface area contributed by atoms with Gasteiger partial charge in [-0.3, -0.25) is 0 Å². The second-order valence-electron chi connectivity index (χ2n) is 1.85. The molecule has 9 heavy (non-hydrogen) atoms. The van der Waals surface area contributed by atoms with Crippen LogP contribution in [-0.2, 0) is 0 Å². The minimum Gasteiger partial charge on any atom is -0.511 e. The second-order valence-corrected chi connectivity index (χ2v) is 2.64. The summed E-state index contributed by atoms with van der Waals surface area (Å²) in [6.45, 7) is 0. The van der Waals surface area contributed by atoms with E-state index >= 15 is 0 Å². The number of allylic oxidation sites excluding steroid dienone is 4. The lowest BCUT2D eigenvalue weighted by Crippen LogP contribution is -1.91. The van der Waals surface area contributed by atoms with Crippen molar-refractivity contribution in [3.05, 3.63) is 22.1 Å². The molecule has 3 heteroatoms. The molecular formula is C6H6BrFO. The third-order valence-corrected chi connectivity index (χ3v) is 2.00. The summed E-state index contributed by atoms with van der Waals surface area (Å²) in [6.07, 6.45) is 2.57. The summed E-state index contributed by atoms with van der Waals surface area (Å²) < 4.78 is 12.6. The molecule has 0 aromatic rings. The Labute approximate surface area is 61.0 Å². The zero-order valence-corrected chi connectivity index (χ0v) is 6.28. The van der Waals surface area contributed by atoms with Gasteiger partial charge in [0.05, 0.1) is 4.48 Å². The molecule has 1 nitrogen and oxygen atoms in total. The fraction of sp³-hybridized carbons (Fsp3) is 0.333. The standard InChI is InChI=1S/C6H6BrFO/c7-6-4(8)2-1-3-5(6)9/h2,9H,1,3H2. The van der Waals surface area contributed by atoms with E-state index in [0.717, 1.165) is 0 Å². The first-order valence-electron chi connectivity index (χ1n) is 2.65. The largest absolute Gasteiger partial charge is 0.511 e. The first-order valence-corrected chi connectivity index (χ1v) is 3.45. The van der Waals surface area contributed by atoms with Crippen molar-refractivity contribution in [2.24, 2.45) is 0 Å².